The van der Waals surface area contributed by atoms with Gasteiger partial charge in [0.15, 0.2) is 4.96 Å². The van der Waals surface area contributed by atoms with Gasteiger partial charge >= 0.3 is 0 Å². The van der Waals surface area contributed by atoms with Crippen molar-refractivity contribution in [3.05, 3.63) is 76.9 Å². The van der Waals surface area contributed by atoms with E-state index in [2.05, 4.69) is 25.1 Å². The summed E-state index contributed by atoms with van der Waals surface area (Å²) in [6.45, 7) is 4.11. The number of fused-ring (bicyclic) bond motifs is 2. The Bertz CT molecular complexity index is 1160. The van der Waals surface area contributed by atoms with E-state index in [1.807, 2.05) is 58.8 Å². The Morgan fingerprint density at radius 1 is 1.11 bits per heavy atom. The first-order valence-corrected chi connectivity index (χ1v) is 9.90. The molecule has 0 radical (unpaired) electrons. The van der Waals surface area contributed by atoms with Crippen molar-refractivity contribution in [1.29, 1.82) is 0 Å². The van der Waals surface area contributed by atoms with Crippen LogP contribution in [0.25, 0.3) is 16.2 Å². The molecule has 27 heavy (non-hydrogen) atoms. The minimum Gasteiger partial charge on any atom is -0.304 e. The highest BCUT2D eigenvalue weighted by atomic mass is 32.1. The molecule has 5 heteroatoms. The van der Waals surface area contributed by atoms with Gasteiger partial charge in [-0.1, -0.05) is 59.9 Å². The summed E-state index contributed by atoms with van der Waals surface area (Å²) in [4.78, 5) is 21.7. The predicted molar refractivity (Wildman–Crippen MR) is 110 cm³/mol. The SMILES string of the molecule is Cc1c(C(=O)N2c3ccccc3C[C@H]2C)sc2nc(-c3ccccc3)cn12. The minimum absolute atomic E-state index is 0.0710. The van der Waals surface area contributed by atoms with Crippen molar-refractivity contribution in [2.75, 3.05) is 4.90 Å². The molecule has 0 saturated heterocycles. The fourth-order valence-corrected chi connectivity index (χ4v) is 4.93. The lowest BCUT2D eigenvalue weighted by Gasteiger charge is -2.22. The van der Waals surface area contributed by atoms with E-state index in [-0.39, 0.29) is 11.9 Å². The molecule has 2 aromatic carbocycles. The first-order valence-electron chi connectivity index (χ1n) is 9.09. The summed E-state index contributed by atoms with van der Waals surface area (Å²) >= 11 is 1.47. The van der Waals surface area contributed by atoms with Crippen LogP contribution < -0.4 is 4.90 Å². The quantitative estimate of drug-likeness (QED) is 0.498. The smallest absolute Gasteiger partial charge is 0.270 e. The van der Waals surface area contributed by atoms with Gasteiger partial charge in [0.2, 0.25) is 0 Å². The van der Waals surface area contributed by atoms with Crippen LogP contribution in [0.15, 0.2) is 60.8 Å². The van der Waals surface area contributed by atoms with Crippen molar-refractivity contribution in [2.45, 2.75) is 26.3 Å². The molecule has 5 rings (SSSR count). The molecular formula is C22H19N3OS. The Morgan fingerprint density at radius 2 is 1.85 bits per heavy atom. The van der Waals surface area contributed by atoms with Gasteiger partial charge in [0.25, 0.3) is 5.91 Å². The number of amides is 1. The average molecular weight is 373 g/mol. The van der Waals surface area contributed by atoms with E-state index in [1.165, 1.54) is 16.9 Å². The molecule has 0 saturated carbocycles. The molecule has 4 nitrogen and oxygen atoms in total. The van der Waals surface area contributed by atoms with Crippen LogP contribution in [0.4, 0.5) is 5.69 Å². The van der Waals surface area contributed by atoms with Gasteiger partial charge in [-0.15, -0.1) is 0 Å². The normalized spacial score (nSPS) is 16.1. The molecular weight excluding hydrogens is 354 g/mol. The van der Waals surface area contributed by atoms with Crippen LogP contribution in [0, 0.1) is 6.92 Å². The van der Waals surface area contributed by atoms with Crippen LogP contribution in [0.3, 0.4) is 0 Å². The molecule has 2 aromatic heterocycles. The number of aryl methyl sites for hydroxylation is 1. The van der Waals surface area contributed by atoms with Gasteiger partial charge in [0.1, 0.15) is 4.88 Å². The molecule has 4 aromatic rings. The molecule has 0 aliphatic carbocycles. The fraction of sp³-hybridized carbons (Fsp3) is 0.182. The van der Waals surface area contributed by atoms with Gasteiger partial charge in [0.05, 0.1) is 5.69 Å². The lowest BCUT2D eigenvalue weighted by Crippen LogP contribution is -2.35. The van der Waals surface area contributed by atoms with Crippen LogP contribution in [-0.2, 0) is 6.42 Å². The van der Waals surface area contributed by atoms with Gasteiger partial charge < -0.3 is 4.90 Å². The number of para-hydroxylation sites is 1. The van der Waals surface area contributed by atoms with E-state index >= 15 is 0 Å². The summed E-state index contributed by atoms with van der Waals surface area (Å²) in [5, 5.41) is 0. The third-order valence-electron chi connectivity index (χ3n) is 5.25. The summed E-state index contributed by atoms with van der Waals surface area (Å²) < 4.78 is 2.03. The monoisotopic (exact) mass is 373 g/mol. The van der Waals surface area contributed by atoms with E-state index < -0.39 is 0 Å². The van der Waals surface area contributed by atoms with Crippen LogP contribution in [-0.4, -0.2) is 21.3 Å². The van der Waals surface area contributed by atoms with Crippen LogP contribution in [0.2, 0.25) is 0 Å². The minimum atomic E-state index is 0.0710. The number of carbonyl (C=O) groups is 1. The van der Waals surface area contributed by atoms with E-state index in [1.54, 1.807) is 0 Å². The van der Waals surface area contributed by atoms with Gasteiger partial charge in [-0.05, 0) is 31.9 Å². The molecule has 0 bridgehead atoms. The highest BCUT2D eigenvalue weighted by Crippen LogP contribution is 2.35. The Morgan fingerprint density at radius 3 is 2.63 bits per heavy atom. The molecule has 1 amide bonds. The lowest BCUT2D eigenvalue weighted by atomic mass is 10.1. The van der Waals surface area contributed by atoms with Gasteiger partial charge in [0, 0.05) is 29.2 Å². The van der Waals surface area contributed by atoms with Crippen molar-refractivity contribution in [2.24, 2.45) is 0 Å². The van der Waals surface area contributed by atoms with E-state index in [4.69, 9.17) is 4.98 Å². The van der Waals surface area contributed by atoms with E-state index in [0.717, 1.165) is 38.9 Å². The van der Waals surface area contributed by atoms with Crippen LogP contribution in [0.1, 0.15) is 27.9 Å². The Labute approximate surface area is 161 Å². The topological polar surface area (TPSA) is 37.6 Å². The fourth-order valence-electron chi connectivity index (χ4n) is 3.88. The second kappa shape index (κ2) is 6.06. The highest BCUT2D eigenvalue weighted by Gasteiger charge is 2.33. The number of imidazole rings is 1. The molecule has 0 N–H and O–H groups in total. The molecule has 1 aliphatic rings. The maximum atomic E-state index is 13.4. The number of anilines is 1. The summed E-state index contributed by atoms with van der Waals surface area (Å²) in [5.41, 5.74) is 5.24. The molecule has 134 valence electrons. The number of carbonyl (C=O) groups excluding carboxylic acids is 1. The zero-order valence-corrected chi connectivity index (χ0v) is 16.0. The summed E-state index contributed by atoms with van der Waals surface area (Å²) in [6, 6.07) is 18.5. The van der Waals surface area contributed by atoms with Crippen molar-refractivity contribution in [3.8, 4) is 11.3 Å². The maximum Gasteiger partial charge on any atom is 0.270 e. The number of nitrogens with zero attached hydrogens (tertiary/aromatic N) is 3. The second-order valence-corrected chi connectivity index (χ2v) is 8.00. The zero-order valence-electron chi connectivity index (χ0n) is 15.2. The summed E-state index contributed by atoms with van der Waals surface area (Å²) in [5.74, 6) is 0.0710. The van der Waals surface area contributed by atoms with Crippen LogP contribution in [0.5, 0.6) is 0 Å². The number of rotatable bonds is 2. The van der Waals surface area contributed by atoms with Crippen molar-refractivity contribution in [3.63, 3.8) is 0 Å². The van der Waals surface area contributed by atoms with Crippen molar-refractivity contribution >= 4 is 27.9 Å². The third-order valence-corrected chi connectivity index (χ3v) is 6.39. The zero-order chi connectivity index (χ0) is 18.5. The number of aromatic nitrogens is 2. The predicted octanol–water partition coefficient (Wildman–Crippen LogP) is 4.96. The summed E-state index contributed by atoms with van der Waals surface area (Å²) in [7, 11) is 0. The molecule has 0 fully saturated rings. The number of benzene rings is 2. The molecule has 0 unspecified atom stereocenters. The molecule has 1 atom stereocenters. The standard InChI is InChI=1S/C22H19N3OS/c1-14-12-17-10-6-7-11-19(17)25(14)21(26)20-15(2)24-13-18(23-22(24)27-20)16-8-4-3-5-9-16/h3-11,13-14H,12H2,1-2H3/t14-/m1/s1. The Hall–Kier alpha value is -2.92. The van der Waals surface area contributed by atoms with Crippen LogP contribution >= 0.6 is 11.3 Å². The van der Waals surface area contributed by atoms with Gasteiger partial charge in [-0.3, -0.25) is 9.20 Å². The molecule has 3 heterocycles. The number of hydrogen-bond acceptors (Lipinski definition) is 3. The third kappa shape index (κ3) is 2.50. The molecule has 0 spiro atoms. The van der Waals surface area contributed by atoms with Crippen molar-refractivity contribution in [1.82, 2.24) is 9.38 Å². The Balaban J connectivity index is 1.55. The van der Waals surface area contributed by atoms with Crippen molar-refractivity contribution < 1.29 is 4.79 Å². The van der Waals surface area contributed by atoms with Gasteiger partial charge in [-0.2, -0.15) is 0 Å². The van der Waals surface area contributed by atoms with E-state index in [9.17, 15) is 4.79 Å². The second-order valence-electron chi connectivity index (χ2n) is 7.02. The van der Waals surface area contributed by atoms with E-state index in [0.29, 0.717) is 0 Å². The average Bonchev–Trinajstić information content (AvgIpc) is 3.34. The number of thiazole rings is 1. The highest BCUT2D eigenvalue weighted by molar-refractivity contribution is 7.19. The first-order chi connectivity index (χ1) is 13.1. The first kappa shape index (κ1) is 16.3. The summed E-state index contributed by atoms with van der Waals surface area (Å²) in [6.07, 6.45) is 2.93. The van der Waals surface area contributed by atoms with Gasteiger partial charge in [-0.25, -0.2) is 4.98 Å². The maximum absolute atomic E-state index is 13.4. The molecule has 1 aliphatic heterocycles. The largest absolute Gasteiger partial charge is 0.304 e. The number of hydrogen-bond donors (Lipinski definition) is 0. The lowest BCUT2D eigenvalue weighted by molar-refractivity contribution is 0.0984. The Kier molecular flexibility index (Phi) is 3.65.